The summed E-state index contributed by atoms with van der Waals surface area (Å²) in [4.78, 5) is 45.5. The van der Waals surface area contributed by atoms with Crippen molar-refractivity contribution in [3.8, 4) is 5.75 Å². The number of hydrogen-bond acceptors (Lipinski definition) is 6. The van der Waals surface area contributed by atoms with Gasteiger partial charge in [0.2, 0.25) is 5.43 Å². The van der Waals surface area contributed by atoms with Crippen LogP contribution in [0.15, 0.2) is 59.5 Å². The Bertz CT molecular complexity index is 1580. The molecule has 2 N–H and O–H groups in total. The predicted molar refractivity (Wildman–Crippen MR) is 153 cm³/mol. The van der Waals surface area contributed by atoms with E-state index in [0.717, 1.165) is 49.9 Å². The molecule has 1 aliphatic carbocycles. The Balaban J connectivity index is 1.38. The Morgan fingerprint density at radius 2 is 1.84 bits per heavy atom. The van der Waals surface area contributed by atoms with Crippen LogP contribution in [-0.2, 0) is 19.7 Å². The van der Waals surface area contributed by atoms with Crippen molar-refractivity contribution in [1.29, 1.82) is 0 Å². The molecule has 9 nitrogen and oxygen atoms in total. The third kappa shape index (κ3) is 5.66. The van der Waals surface area contributed by atoms with Gasteiger partial charge in [0.1, 0.15) is 30.0 Å². The molecule has 2 aliphatic heterocycles. The van der Waals surface area contributed by atoms with Gasteiger partial charge in [-0.05, 0) is 30.4 Å². The van der Waals surface area contributed by atoms with E-state index >= 15 is 0 Å². The number of carbonyl (C=O) groups is 2. The second-order valence-electron chi connectivity index (χ2n) is 11.4. The highest BCUT2D eigenvalue weighted by molar-refractivity contribution is 5.99. The second-order valence-corrected chi connectivity index (χ2v) is 11.4. The minimum absolute atomic E-state index is 0.00828. The summed E-state index contributed by atoms with van der Waals surface area (Å²) in [6.07, 6.45) is 4.95. The highest BCUT2D eigenvalue weighted by Gasteiger charge is 2.48. The standard InChI is InChI=1S/C32H34F2N4O5/c33-23-11-10-21(25(34)14-23)15-35-31(41)24-17-37-18-27-36(12-13-39)16-22-8-4-5-9-26(22)38(27)32(42)28(37)30(29(24)40)43-19-20-6-2-1-3-7-20/h1-3,6-7,10-11,14,17,22,26-27,39H,4-5,8-9,12-13,15-16,18-19H2,(H,35,41). The Labute approximate surface area is 247 Å². The van der Waals surface area contributed by atoms with Crippen molar-refractivity contribution < 1.29 is 28.2 Å². The fraction of sp³-hybridized carbons (Fsp3) is 0.406. The van der Waals surface area contributed by atoms with Crippen molar-refractivity contribution in [2.75, 3.05) is 19.7 Å². The molecule has 43 heavy (non-hydrogen) atoms. The Kier molecular flexibility index (Phi) is 8.27. The number of ether oxygens (including phenoxy) is 1. The largest absolute Gasteiger partial charge is 0.483 e. The van der Waals surface area contributed by atoms with Crippen LogP contribution in [0.4, 0.5) is 8.78 Å². The van der Waals surface area contributed by atoms with Crippen molar-refractivity contribution in [3.05, 3.63) is 99.0 Å². The number of fused-ring (bicyclic) bond motifs is 4. The summed E-state index contributed by atoms with van der Waals surface area (Å²) in [6.45, 7) is 1.10. The number of nitrogens with zero attached hydrogens (tertiary/aromatic N) is 3. The van der Waals surface area contributed by atoms with Crippen molar-refractivity contribution in [2.45, 2.75) is 57.6 Å². The molecular weight excluding hydrogens is 558 g/mol. The molecule has 3 heterocycles. The number of aliphatic hydroxyl groups excluding tert-OH is 1. The van der Waals surface area contributed by atoms with Crippen LogP contribution in [0.5, 0.6) is 5.75 Å². The number of benzene rings is 2. The van der Waals surface area contributed by atoms with E-state index in [9.17, 15) is 28.3 Å². The normalized spacial score (nSPS) is 21.5. The maximum absolute atomic E-state index is 14.3. The number of rotatable bonds is 8. The van der Waals surface area contributed by atoms with E-state index in [4.69, 9.17) is 4.74 Å². The molecular formula is C32H34F2N4O5. The first-order valence-electron chi connectivity index (χ1n) is 14.7. The highest BCUT2D eigenvalue weighted by atomic mass is 19.1. The Hall–Kier alpha value is -4.09. The molecule has 2 fully saturated rings. The van der Waals surface area contributed by atoms with Crippen LogP contribution in [0.3, 0.4) is 0 Å². The van der Waals surface area contributed by atoms with Gasteiger partial charge in [-0.25, -0.2) is 8.78 Å². The van der Waals surface area contributed by atoms with Crippen molar-refractivity contribution in [2.24, 2.45) is 5.92 Å². The summed E-state index contributed by atoms with van der Waals surface area (Å²) >= 11 is 0. The third-order valence-corrected chi connectivity index (χ3v) is 8.79. The van der Waals surface area contributed by atoms with Crippen molar-refractivity contribution >= 4 is 11.8 Å². The molecule has 3 atom stereocenters. The van der Waals surface area contributed by atoms with E-state index in [1.54, 1.807) is 4.57 Å². The molecule has 0 bridgehead atoms. The Morgan fingerprint density at radius 1 is 1.05 bits per heavy atom. The fourth-order valence-corrected chi connectivity index (χ4v) is 6.71. The van der Waals surface area contributed by atoms with Crippen LogP contribution in [0, 0.1) is 17.6 Å². The van der Waals surface area contributed by atoms with Gasteiger partial charge >= 0.3 is 0 Å². The average Bonchev–Trinajstić information content (AvgIpc) is 3.00. The van der Waals surface area contributed by atoms with Crippen LogP contribution in [-0.4, -0.2) is 63.2 Å². The minimum atomic E-state index is -0.817. The molecule has 1 saturated carbocycles. The van der Waals surface area contributed by atoms with E-state index in [-0.39, 0.29) is 72.9 Å². The van der Waals surface area contributed by atoms with Crippen LogP contribution in [0.1, 0.15) is 57.7 Å². The average molecular weight is 593 g/mol. The quantitative estimate of drug-likeness (QED) is 0.416. The van der Waals surface area contributed by atoms with Gasteiger partial charge in [0.05, 0.1) is 13.2 Å². The Morgan fingerprint density at radius 3 is 2.60 bits per heavy atom. The molecule has 226 valence electrons. The maximum atomic E-state index is 14.3. The van der Waals surface area contributed by atoms with E-state index in [1.165, 1.54) is 12.3 Å². The maximum Gasteiger partial charge on any atom is 0.276 e. The molecule has 3 unspecified atom stereocenters. The summed E-state index contributed by atoms with van der Waals surface area (Å²) < 4.78 is 35.2. The van der Waals surface area contributed by atoms with E-state index in [2.05, 4.69) is 10.2 Å². The van der Waals surface area contributed by atoms with Gasteiger partial charge < -0.3 is 24.6 Å². The first-order valence-corrected chi connectivity index (χ1v) is 14.7. The van der Waals surface area contributed by atoms with Gasteiger partial charge in [0, 0.05) is 43.5 Å². The summed E-state index contributed by atoms with van der Waals surface area (Å²) in [5, 5.41) is 12.4. The van der Waals surface area contributed by atoms with Gasteiger partial charge in [-0.15, -0.1) is 0 Å². The summed E-state index contributed by atoms with van der Waals surface area (Å²) in [7, 11) is 0. The first-order chi connectivity index (χ1) is 20.9. The zero-order valence-corrected chi connectivity index (χ0v) is 23.7. The number of nitrogens with one attached hydrogen (secondary N) is 1. The summed E-state index contributed by atoms with van der Waals surface area (Å²) in [5.41, 5.74) is -0.0643. The highest BCUT2D eigenvalue weighted by Crippen LogP contribution is 2.39. The number of pyridine rings is 1. The molecule has 0 spiro atoms. The van der Waals surface area contributed by atoms with E-state index in [1.807, 2.05) is 35.2 Å². The van der Waals surface area contributed by atoms with Crippen LogP contribution in [0.25, 0.3) is 0 Å². The number of hydrogen-bond donors (Lipinski definition) is 2. The predicted octanol–water partition coefficient (Wildman–Crippen LogP) is 3.28. The van der Waals surface area contributed by atoms with Crippen LogP contribution in [0.2, 0.25) is 0 Å². The number of β-amino-alcohol motifs (C(OH)–C–C–N with tert-alkyl or cyclic N) is 1. The fourth-order valence-electron chi connectivity index (χ4n) is 6.71. The monoisotopic (exact) mass is 592 g/mol. The minimum Gasteiger partial charge on any atom is -0.483 e. The molecule has 2 amide bonds. The lowest BCUT2D eigenvalue weighted by Gasteiger charge is -2.55. The molecule has 3 aliphatic rings. The van der Waals surface area contributed by atoms with E-state index in [0.29, 0.717) is 6.54 Å². The molecule has 11 heteroatoms. The van der Waals surface area contributed by atoms with Gasteiger partial charge in [0.25, 0.3) is 11.8 Å². The summed E-state index contributed by atoms with van der Waals surface area (Å²) in [6, 6.07) is 12.2. The molecule has 3 aromatic rings. The lowest BCUT2D eigenvalue weighted by Crippen LogP contribution is -2.68. The van der Waals surface area contributed by atoms with Gasteiger partial charge in [-0.2, -0.15) is 0 Å². The number of aromatic nitrogens is 1. The van der Waals surface area contributed by atoms with Crippen LogP contribution >= 0.6 is 0 Å². The van der Waals surface area contributed by atoms with Gasteiger partial charge in [0.15, 0.2) is 11.4 Å². The molecule has 1 aromatic heterocycles. The smallest absolute Gasteiger partial charge is 0.276 e. The third-order valence-electron chi connectivity index (χ3n) is 8.79. The number of carbonyl (C=O) groups excluding carboxylic acids is 2. The second kappa shape index (κ2) is 12.3. The zero-order valence-electron chi connectivity index (χ0n) is 23.7. The van der Waals surface area contributed by atoms with E-state index < -0.39 is 23.0 Å². The number of aliphatic hydroxyl groups is 1. The van der Waals surface area contributed by atoms with Gasteiger partial charge in [-0.1, -0.05) is 49.2 Å². The lowest BCUT2D eigenvalue weighted by molar-refractivity contribution is -0.0774. The zero-order chi connectivity index (χ0) is 30.1. The number of amides is 2. The molecule has 1 saturated heterocycles. The number of halogens is 2. The summed E-state index contributed by atoms with van der Waals surface area (Å²) in [5.74, 6) is -2.61. The SMILES string of the molecule is O=C(NCc1ccc(F)cc1F)c1cn2c(c(OCc3ccccc3)c1=O)C(=O)N1C3CCCCC3CN(CCO)C1C2. The molecule has 0 radical (unpaired) electrons. The van der Waals surface area contributed by atoms with Crippen molar-refractivity contribution in [1.82, 2.24) is 19.7 Å². The van der Waals surface area contributed by atoms with Crippen LogP contribution < -0.4 is 15.5 Å². The first kappa shape index (κ1) is 29.0. The molecule has 2 aromatic carbocycles. The molecule has 6 rings (SSSR count). The lowest BCUT2D eigenvalue weighted by atomic mass is 9.80. The van der Waals surface area contributed by atoms with Gasteiger partial charge in [-0.3, -0.25) is 19.3 Å². The van der Waals surface area contributed by atoms with Crippen molar-refractivity contribution in [3.63, 3.8) is 0 Å². The topological polar surface area (TPSA) is 104 Å².